The SMILES string of the molecule is CC(C)(C)c1cc(C(C)(C)C)c(=O)c2nc3c([O-])c(C(C)(C)C)cc(C(C)(C)C)c3oc1-2.CC(C)(C)c1cc(C(C)(C)C)c(=O)c2nc3c([O-])c(C(C)(C)C)cc(C(C)(C)C)c3oc1-2.[Zn+2].c1ccccc1.c1ccccc1.c1ccccc1.c1ccccc1.c1ccccc1.c1ccccc1. The van der Waals surface area contributed by atoms with E-state index in [1.54, 1.807) is 0 Å². The summed E-state index contributed by atoms with van der Waals surface area (Å²) in [5.74, 6) is 0.640. The average molecular weight is 1410 g/mol. The van der Waals surface area contributed by atoms with Crippen molar-refractivity contribution in [2.75, 3.05) is 0 Å². The standard InChI is InChI=1S/2C28H39NO3.6C6H6.Zn/c2*1-25(2,3)15-13-17(27(7,8)9)23-19(21(15)30)29-20-22(31)16(26(4,5)6)14-18(24(20)32-23)28(10,11)12;6*1-2-4-6-5-3-1;/h2*13-14,30H,1-12H3;6*1-6H;/q;;;;;;;;+2/p-2. The normalized spacial score (nSPS) is 11.6. The molecule has 0 N–H and O–H groups in total. The summed E-state index contributed by atoms with van der Waals surface area (Å²) in [6.07, 6.45) is 0. The number of rotatable bonds is 0. The molecule has 8 aromatic carbocycles. The minimum absolute atomic E-state index is 0. The van der Waals surface area contributed by atoms with Crippen molar-refractivity contribution in [2.45, 2.75) is 209 Å². The zero-order valence-electron chi connectivity index (χ0n) is 65.1. The molecule has 528 valence electrons. The number of benzene rings is 10. The Kier molecular flexibility index (Phi) is 30.3. The largest absolute Gasteiger partial charge is 2.00 e. The predicted molar refractivity (Wildman–Crippen MR) is 421 cm³/mol. The Bertz CT molecular complexity index is 3850. The van der Waals surface area contributed by atoms with Gasteiger partial charge in [0.25, 0.3) is 0 Å². The molecule has 0 spiro atoms. The van der Waals surface area contributed by atoms with Gasteiger partial charge in [0.05, 0.1) is 11.0 Å². The van der Waals surface area contributed by atoms with E-state index in [1.807, 2.05) is 326 Å². The van der Waals surface area contributed by atoms with Crippen LogP contribution in [0.4, 0.5) is 0 Å². The molecule has 0 atom stereocenters. The van der Waals surface area contributed by atoms with Crippen LogP contribution in [0, 0.1) is 0 Å². The zero-order valence-corrected chi connectivity index (χ0v) is 68.1. The summed E-state index contributed by atoms with van der Waals surface area (Å²) in [6, 6.07) is 79.9. The second-order valence-corrected chi connectivity index (χ2v) is 33.3. The van der Waals surface area contributed by atoms with Gasteiger partial charge in [-0.05, 0) is 66.6 Å². The number of nitrogens with zero attached hydrogens (tertiary/aromatic N) is 2. The monoisotopic (exact) mass is 1400 g/mol. The summed E-state index contributed by atoms with van der Waals surface area (Å²) in [5.41, 5.74) is 5.62. The van der Waals surface area contributed by atoms with Gasteiger partial charge in [-0.1, -0.05) is 408 Å². The van der Waals surface area contributed by atoms with Gasteiger partial charge in [0, 0.05) is 33.4 Å². The van der Waals surface area contributed by atoms with Crippen molar-refractivity contribution in [3.05, 3.63) is 308 Å². The molecule has 0 radical (unpaired) electrons. The third-order valence-electron chi connectivity index (χ3n) is 16.2. The van der Waals surface area contributed by atoms with E-state index < -0.39 is 0 Å². The van der Waals surface area contributed by atoms with Crippen LogP contribution in [0.15, 0.2) is 261 Å². The van der Waals surface area contributed by atoms with Gasteiger partial charge in [-0.25, -0.2) is 9.97 Å². The van der Waals surface area contributed by atoms with Gasteiger partial charge in [0.1, 0.15) is 0 Å². The molecule has 0 fully saturated rings. The number of hydrogen-bond donors (Lipinski definition) is 0. The van der Waals surface area contributed by atoms with Gasteiger partial charge in [0.2, 0.25) is 10.9 Å². The van der Waals surface area contributed by atoms with Gasteiger partial charge in [-0.15, -0.1) is 0 Å². The molecule has 8 nitrogen and oxygen atoms in total. The Morgan fingerprint density at radius 1 is 0.238 bits per heavy atom. The molecule has 2 aliphatic heterocycles. The van der Waals surface area contributed by atoms with E-state index in [1.165, 1.54) is 0 Å². The summed E-state index contributed by atoms with van der Waals surface area (Å²) in [5, 5.41) is 27.1. The van der Waals surface area contributed by atoms with E-state index in [0.717, 1.165) is 22.3 Å². The summed E-state index contributed by atoms with van der Waals surface area (Å²) in [4.78, 5) is 36.6. The van der Waals surface area contributed by atoms with Crippen LogP contribution in [0.3, 0.4) is 0 Å². The van der Waals surface area contributed by atoms with Crippen LogP contribution >= 0.6 is 0 Å². The first-order chi connectivity index (χ1) is 46.5. The summed E-state index contributed by atoms with van der Waals surface area (Å²) in [6.45, 7) is 49.5. The fraction of sp³-hybridized carbons (Fsp3) is 0.348. The Morgan fingerprint density at radius 3 is 0.535 bits per heavy atom. The summed E-state index contributed by atoms with van der Waals surface area (Å²) < 4.78 is 13.0. The van der Waals surface area contributed by atoms with Crippen LogP contribution in [0.2, 0.25) is 0 Å². The maximum absolute atomic E-state index is 13.5. The number of hydrogen-bond acceptors (Lipinski definition) is 8. The van der Waals surface area contributed by atoms with Gasteiger partial charge < -0.3 is 19.0 Å². The predicted octanol–water partition coefficient (Wildman–Crippen LogP) is 23.2. The fourth-order valence-electron chi connectivity index (χ4n) is 10.5. The van der Waals surface area contributed by atoms with Gasteiger partial charge in [-0.3, -0.25) is 9.59 Å². The third kappa shape index (κ3) is 24.8. The van der Waals surface area contributed by atoms with E-state index in [2.05, 4.69) is 83.1 Å². The maximum atomic E-state index is 13.5. The van der Waals surface area contributed by atoms with Crippen molar-refractivity contribution in [3.63, 3.8) is 0 Å². The number of fused-ring (bicyclic) bond motifs is 4. The van der Waals surface area contributed by atoms with Crippen molar-refractivity contribution in [1.82, 2.24) is 9.97 Å². The third-order valence-corrected chi connectivity index (χ3v) is 16.2. The van der Waals surface area contributed by atoms with Crippen molar-refractivity contribution in [2.24, 2.45) is 0 Å². The smallest absolute Gasteiger partial charge is 0.871 e. The van der Waals surface area contributed by atoms with E-state index in [9.17, 15) is 19.8 Å². The molecule has 4 aliphatic rings. The molecule has 0 aromatic heterocycles. The van der Waals surface area contributed by atoms with Crippen LogP contribution in [0.1, 0.15) is 211 Å². The van der Waals surface area contributed by atoms with Crippen LogP contribution < -0.4 is 21.1 Å². The molecule has 0 saturated carbocycles. The molecule has 12 rings (SSSR count). The summed E-state index contributed by atoms with van der Waals surface area (Å²) in [7, 11) is 0. The van der Waals surface area contributed by atoms with E-state index in [-0.39, 0.29) is 108 Å². The minimum Gasteiger partial charge on any atom is -0.871 e. The summed E-state index contributed by atoms with van der Waals surface area (Å²) >= 11 is 0. The molecule has 2 aliphatic carbocycles. The molecule has 2 heterocycles. The van der Waals surface area contributed by atoms with Crippen molar-refractivity contribution < 1.29 is 38.5 Å². The minimum atomic E-state index is -0.355. The molecule has 101 heavy (non-hydrogen) atoms. The Balaban J connectivity index is 0.000000284. The molecule has 0 saturated heterocycles. The van der Waals surface area contributed by atoms with Crippen molar-refractivity contribution >= 4 is 22.2 Å². The van der Waals surface area contributed by atoms with Crippen LogP contribution in [0.5, 0.6) is 11.5 Å². The molecular weight excluding hydrogens is 1290 g/mol. The number of aromatic nitrogens is 2. The first kappa shape index (κ1) is 84.6. The topological polar surface area (TPSA) is 132 Å². The van der Waals surface area contributed by atoms with E-state index >= 15 is 0 Å². The Labute approximate surface area is 618 Å². The zero-order chi connectivity index (χ0) is 74.7. The van der Waals surface area contributed by atoms with Crippen LogP contribution in [-0.4, -0.2) is 9.97 Å². The van der Waals surface area contributed by atoms with Crippen LogP contribution in [0.25, 0.3) is 45.1 Å². The molecule has 8 aromatic rings. The molecule has 9 heteroatoms. The quantitative estimate of drug-likeness (QED) is 0.108. The van der Waals surface area contributed by atoms with Gasteiger partial charge in [-0.2, -0.15) is 0 Å². The van der Waals surface area contributed by atoms with E-state index in [0.29, 0.717) is 44.9 Å². The molecule has 0 unspecified atom stereocenters. The molecule has 0 amide bonds. The van der Waals surface area contributed by atoms with E-state index in [4.69, 9.17) is 18.8 Å². The van der Waals surface area contributed by atoms with Crippen molar-refractivity contribution in [1.29, 1.82) is 0 Å². The van der Waals surface area contributed by atoms with Crippen molar-refractivity contribution in [3.8, 4) is 34.4 Å². The fourth-order valence-corrected chi connectivity index (χ4v) is 10.5. The Morgan fingerprint density at radius 2 is 0.386 bits per heavy atom. The first-order valence-electron chi connectivity index (χ1n) is 34.8. The molecular formula is C92H112N2O6Zn. The van der Waals surface area contributed by atoms with Crippen LogP contribution in [-0.2, 0) is 62.8 Å². The second-order valence-electron chi connectivity index (χ2n) is 33.3. The van der Waals surface area contributed by atoms with Gasteiger partial charge in [0.15, 0.2) is 34.1 Å². The van der Waals surface area contributed by atoms with Gasteiger partial charge >= 0.3 is 19.5 Å². The Hall–Kier alpha value is -8.78. The maximum Gasteiger partial charge on any atom is 2.00 e. The average Bonchev–Trinajstić information content (AvgIpc) is 0.732. The molecule has 0 bridgehead atoms. The first-order valence-corrected chi connectivity index (χ1v) is 34.8. The second kappa shape index (κ2) is 36.2.